The van der Waals surface area contributed by atoms with Gasteiger partial charge in [0.15, 0.2) is 17.3 Å². The maximum Gasteiger partial charge on any atom is 0.304 e. The van der Waals surface area contributed by atoms with Crippen LogP contribution in [0.15, 0.2) is 23.2 Å². The molecule has 0 aromatic carbocycles. The van der Waals surface area contributed by atoms with E-state index in [0.29, 0.717) is 31.3 Å². The number of carbonyl (C=O) groups excluding carboxylic acids is 2. The molecule has 0 bridgehead atoms. The summed E-state index contributed by atoms with van der Waals surface area (Å²) in [4.78, 5) is 50.3. The fourth-order valence-electron chi connectivity index (χ4n) is 9.03. The van der Waals surface area contributed by atoms with Crippen LogP contribution >= 0.6 is 0 Å². The minimum Gasteiger partial charge on any atom is -0.504 e. The molecular weight excluding hydrogens is 456 g/mol. The molecule has 1 heterocycles. The summed E-state index contributed by atoms with van der Waals surface area (Å²) in [7, 11) is 0. The fourth-order valence-corrected chi connectivity index (χ4v) is 9.03. The van der Waals surface area contributed by atoms with Crippen LogP contribution in [0.3, 0.4) is 0 Å². The number of hydrogen-bond acceptors (Lipinski definition) is 7. The van der Waals surface area contributed by atoms with Gasteiger partial charge in [-0.25, -0.2) is 0 Å². The van der Waals surface area contributed by atoms with Crippen molar-refractivity contribution >= 4 is 23.5 Å². The molecule has 3 saturated carbocycles. The smallest absolute Gasteiger partial charge is 0.304 e. The summed E-state index contributed by atoms with van der Waals surface area (Å²) >= 11 is 0. The molecule has 190 valence electrons. The lowest BCUT2D eigenvalue weighted by Gasteiger charge is -2.56. The average Bonchev–Trinajstić information content (AvgIpc) is 3.44. The first kappa shape index (κ1) is 24.0. The van der Waals surface area contributed by atoms with E-state index in [-0.39, 0.29) is 54.3 Å². The molecule has 9 nitrogen and oxygen atoms in total. The molecule has 8 atom stereocenters. The summed E-state index contributed by atoms with van der Waals surface area (Å²) < 4.78 is 6.38. The number of aliphatic hydroxyl groups is 2. The summed E-state index contributed by atoms with van der Waals surface area (Å²) in [5.74, 6) is -4.09. The van der Waals surface area contributed by atoms with Gasteiger partial charge in [0.25, 0.3) is 0 Å². The lowest BCUT2D eigenvalue weighted by Crippen LogP contribution is -2.62. The van der Waals surface area contributed by atoms with E-state index in [2.05, 4.69) is 0 Å². The monoisotopic (exact) mass is 488 g/mol. The molecule has 0 aromatic rings. The van der Waals surface area contributed by atoms with Gasteiger partial charge in [-0.05, 0) is 61.3 Å². The standard InChI is InChI=1S/C26H32O9/c1-12-8-15-13-4-5-14-22(34)16(27)9-18(29)24(14,3)26(13)19(35-26)10-23(15,2)25(12,11-21(32)33)17(28)6-7-20(30)31/h9,12-13,15,19,27,34H,4-8,10-11H2,1-3H3,(H,30,31)(H,32,33)/t12-,13+,15+,19+,23+,24-,25-,26-/m1/s1. The number of carboxylic acids is 2. The van der Waals surface area contributed by atoms with Gasteiger partial charge in [-0.2, -0.15) is 0 Å². The first-order valence-corrected chi connectivity index (χ1v) is 12.3. The predicted molar refractivity (Wildman–Crippen MR) is 120 cm³/mol. The molecule has 4 fully saturated rings. The van der Waals surface area contributed by atoms with Crippen LogP contribution in [0.2, 0.25) is 0 Å². The maximum absolute atomic E-state index is 13.7. The van der Waals surface area contributed by atoms with Crippen molar-refractivity contribution in [3.8, 4) is 0 Å². The van der Waals surface area contributed by atoms with Gasteiger partial charge in [-0.3, -0.25) is 19.2 Å². The molecule has 1 aliphatic heterocycles. The molecule has 0 aromatic heterocycles. The Kier molecular flexibility index (Phi) is 4.93. The van der Waals surface area contributed by atoms with Gasteiger partial charge in [-0.1, -0.05) is 13.8 Å². The molecule has 0 radical (unpaired) electrons. The Bertz CT molecular complexity index is 1120. The zero-order valence-corrected chi connectivity index (χ0v) is 20.2. The molecule has 9 heteroatoms. The van der Waals surface area contributed by atoms with Gasteiger partial charge in [0.05, 0.1) is 24.4 Å². The first-order chi connectivity index (χ1) is 16.3. The summed E-state index contributed by atoms with van der Waals surface area (Å²) in [6.45, 7) is 5.60. The van der Waals surface area contributed by atoms with E-state index in [4.69, 9.17) is 4.74 Å². The average molecular weight is 489 g/mol. The predicted octanol–water partition coefficient (Wildman–Crippen LogP) is 3.34. The van der Waals surface area contributed by atoms with Gasteiger partial charge in [0.2, 0.25) is 0 Å². The number of ether oxygens (including phenoxy) is 1. The van der Waals surface area contributed by atoms with Crippen LogP contribution in [-0.4, -0.2) is 55.6 Å². The van der Waals surface area contributed by atoms with E-state index in [1.807, 2.05) is 13.8 Å². The summed E-state index contributed by atoms with van der Waals surface area (Å²) in [6, 6.07) is 0. The van der Waals surface area contributed by atoms with Crippen LogP contribution in [-0.2, 0) is 23.9 Å². The van der Waals surface area contributed by atoms with Gasteiger partial charge < -0.3 is 25.2 Å². The lowest BCUT2D eigenvalue weighted by atomic mass is 9.44. The van der Waals surface area contributed by atoms with Crippen molar-refractivity contribution in [2.45, 2.75) is 77.4 Å². The van der Waals surface area contributed by atoms with Crippen molar-refractivity contribution in [3.63, 3.8) is 0 Å². The first-order valence-electron chi connectivity index (χ1n) is 12.3. The fraction of sp³-hybridized carbons (Fsp3) is 0.692. The van der Waals surface area contributed by atoms with Gasteiger partial charge in [0, 0.05) is 17.9 Å². The number of fused-ring (bicyclic) bond motifs is 3. The minimum absolute atomic E-state index is 0.114. The van der Waals surface area contributed by atoms with E-state index in [1.165, 1.54) is 0 Å². The van der Waals surface area contributed by atoms with Crippen LogP contribution < -0.4 is 0 Å². The van der Waals surface area contributed by atoms with Crippen molar-refractivity contribution in [3.05, 3.63) is 23.2 Å². The maximum atomic E-state index is 13.7. The zero-order valence-electron chi connectivity index (χ0n) is 20.2. The Morgan fingerprint density at radius 1 is 1.09 bits per heavy atom. The number of Topliss-reactive ketones (excluding diaryl/α,β-unsaturated/α-hetero) is 1. The Hall–Kier alpha value is -2.68. The molecule has 1 saturated heterocycles. The second-order valence-electron chi connectivity index (χ2n) is 11.6. The van der Waals surface area contributed by atoms with Crippen molar-refractivity contribution < 1.29 is 44.3 Å². The molecule has 0 unspecified atom stereocenters. The summed E-state index contributed by atoms with van der Waals surface area (Å²) in [5.41, 5.74) is -3.52. The molecule has 5 rings (SSSR count). The summed E-state index contributed by atoms with van der Waals surface area (Å²) in [6.07, 6.45) is 1.60. The molecule has 4 N–H and O–H groups in total. The van der Waals surface area contributed by atoms with Crippen LogP contribution in [0.5, 0.6) is 0 Å². The van der Waals surface area contributed by atoms with Crippen LogP contribution in [0.25, 0.3) is 0 Å². The third kappa shape index (κ3) is 2.68. The Morgan fingerprint density at radius 3 is 2.40 bits per heavy atom. The number of hydrogen-bond donors (Lipinski definition) is 4. The highest BCUT2D eigenvalue weighted by Gasteiger charge is 2.83. The van der Waals surface area contributed by atoms with Crippen LogP contribution in [0, 0.1) is 34.0 Å². The highest BCUT2D eigenvalue weighted by atomic mass is 16.6. The lowest BCUT2D eigenvalue weighted by molar-refractivity contribution is -0.157. The van der Waals surface area contributed by atoms with Crippen LogP contribution in [0.4, 0.5) is 0 Å². The van der Waals surface area contributed by atoms with Crippen molar-refractivity contribution in [2.75, 3.05) is 0 Å². The number of aliphatic hydroxyl groups excluding tert-OH is 2. The van der Waals surface area contributed by atoms with E-state index in [9.17, 15) is 39.6 Å². The SMILES string of the molecule is C[C@@H]1C[C@H]2[C@@H]3CCC4=C(O)C(O)=CC(=O)[C@]4(C)[C@@]34O[C@H]4C[C@]2(C)[C@@]1(CC(=O)O)C(=O)CCC(=O)O. The minimum atomic E-state index is -1.23. The van der Waals surface area contributed by atoms with Crippen LogP contribution in [0.1, 0.15) is 65.7 Å². The normalized spacial score (nSPS) is 45.6. The number of allylic oxidation sites excluding steroid dienone is 1. The van der Waals surface area contributed by atoms with E-state index >= 15 is 0 Å². The Labute approximate surface area is 202 Å². The molecule has 0 amide bonds. The van der Waals surface area contributed by atoms with Crippen molar-refractivity contribution in [1.82, 2.24) is 0 Å². The topological polar surface area (TPSA) is 162 Å². The number of carboxylic acid groups (broad SMARTS) is 2. The number of ketones is 2. The van der Waals surface area contributed by atoms with Gasteiger partial charge >= 0.3 is 11.9 Å². The Morgan fingerprint density at radius 2 is 1.77 bits per heavy atom. The molecule has 35 heavy (non-hydrogen) atoms. The van der Waals surface area contributed by atoms with Crippen molar-refractivity contribution in [2.24, 2.45) is 34.0 Å². The van der Waals surface area contributed by atoms with E-state index in [0.717, 1.165) is 6.08 Å². The number of epoxide rings is 1. The third-order valence-corrected chi connectivity index (χ3v) is 10.6. The molecular formula is C26H32O9. The van der Waals surface area contributed by atoms with Gasteiger partial charge in [0.1, 0.15) is 11.4 Å². The van der Waals surface area contributed by atoms with E-state index in [1.54, 1.807) is 6.92 Å². The second kappa shape index (κ2) is 7.18. The zero-order chi connectivity index (χ0) is 25.7. The van der Waals surface area contributed by atoms with E-state index < -0.39 is 45.6 Å². The Balaban J connectivity index is 1.60. The van der Waals surface area contributed by atoms with Crippen molar-refractivity contribution in [1.29, 1.82) is 0 Å². The largest absolute Gasteiger partial charge is 0.504 e. The number of aliphatic carboxylic acids is 2. The molecule has 5 aliphatic rings. The number of carbonyl (C=O) groups is 4. The molecule has 4 aliphatic carbocycles. The highest BCUT2D eigenvalue weighted by Crippen LogP contribution is 2.78. The van der Waals surface area contributed by atoms with Gasteiger partial charge in [-0.15, -0.1) is 0 Å². The quantitative estimate of drug-likeness (QED) is 0.411. The third-order valence-electron chi connectivity index (χ3n) is 10.6. The number of rotatable bonds is 6. The highest BCUT2D eigenvalue weighted by molar-refractivity contribution is 6.01. The summed E-state index contributed by atoms with van der Waals surface area (Å²) in [5, 5.41) is 39.7. The second-order valence-corrected chi connectivity index (χ2v) is 11.6. The molecule has 1 spiro atoms.